The Morgan fingerprint density at radius 3 is 3.18 bits per heavy atom. The number of hydrogen-bond donors (Lipinski definition) is 2. The molecule has 0 saturated carbocycles. The second kappa shape index (κ2) is 6.57. The second-order valence-corrected chi connectivity index (χ2v) is 6.16. The summed E-state index contributed by atoms with van der Waals surface area (Å²) in [6.07, 6.45) is 1.94. The molecule has 0 aliphatic carbocycles. The minimum atomic E-state index is -0.452. The molecule has 2 aliphatic heterocycles. The van der Waals surface area contributed by atoms with Crippen LogP contribution in [0.3, 0.4) is 0 Å². The van der Waals surface area contributed by atoms with Crippen LogP contribution in [0.2, 0.25) is 0 Å². The number of benzene rings is 1. The fourth-order valence-corrected chi connectivity index (χ4v) is 3.30. The van der Waals surface area contributed by atoms with E-state index in [0.717, 1.165) is 24.5 Å². The first-order chi connectivity index (χ1) is 10.7. The van der Waals surface area contributed by atoms with Gasteiger partial charge in [0.1, 0.15) is 5.75 Å². The largest absolute Gasteiger partial charge is 0.477 e. The molecule has 1 saturated heterocycles. The molecular weight excluding hydrogens is 278 g/mol. The van der Waals surface area contributed by atoms with E-state index in [1.54, 1.807) is 0 Å². The number of nitrogens with one attached hydrogen (secondary N) is 2. The van der Waals surface area contributed by atoms with E-state index in [4.69, 9.17) is 4.74 Å². The quantitative estimate of drug-likeness (QED) is 0.890. The average Bonchev–Trinajstić information content (AvgIpc) is 2.99. The zero-order valence-corrected chi connectivity index (χ0v) is 13.4. The minimum absolute atomic E-state index is 0.0262. The van der Waals surface area contributed by atoms with Crippen molar-refractivity contribution in [2.45, 2.75) is 38.8 Å². The van der Waals surface area contributed by atoms with Crippen LogP contribution in [0.5, 0.6) is 5.75 Å². The van der Waals surface area contributed by atoms with Gasteiger partial charge in [-0.25, -0.2) is 0 Å². The number of aryl methyl sites for hydroxylation is 1. The van der Waals surface area contributed by atoms with Gasteiger partial charge < -0.3 is 15.4 Å². The summed E-state index contributed by atoms with van der Waals surface area (Å²) in [5.41, 5.74) is 2.15. The van der Waals surface area contributed by atoms with Crippen molar-refractivity contribution in [2.24, 2.45) is 0 Å². The zero-order chi connectivity index (χ0) is 15.5. The topological polar surface area (TPSA) is 53.6 Å². The van der Waals surface area contributed by atoms with E-state index in [1.807, 2.05) is 25.1 Å². The second-order valence-electron chi connectivity index (χ2n) is 6.16. The van der Waals surface area contributed by atoms with Crippen LogP contribution in [0.15, 0.2) is 18.2 Å². The molecule has 1 aromatic rings. The molecule has 0 spiro atoms. The van der Waals surface area contributed by atoms with Crippen molar-refractivity contribution < 1.29 is 9.53 Å². The number of likely N-dealkylation sites (tertiary alicyclic amines) is 1. The van der Waals surface area contributed by atoms with Crippen molar-refractivity contribution >= 4 is 11.6 Å². The van der Waals surface area contributed by atoms with Gasteiger partial charge in [0.05, 0.1) is 12.2 Å². The van der Waals surface area contributed by atoms with E-state index in [1.165, 1.54) is 18.4 Å². The Balaban J connectivity index is 1.54. The molecule has 2 atom stereocenters. The van der Waals surface area contributed by atoms with Gasteiger partial charge in [0, 0.05) is 12.6 Å². The first-order valence-corrected chi connectivity index (χ1v) is 8.20. The monoisotopic (exact) mass is 303 g/mol. The highest BCUT2D eigenvalue weighted by Crippen LogP contribution is 2.29. The van der Waals surface area contributed by atoms with E-state index < -0.39 is 6.10 Å². The smallest absolute Gasteiger partial charge is 0.263 e. The van der Waals surface area contributed by atoms with E-state index in [0.29, 0.717) is 19.1 Å². The van der Waals surface area contributed by atoms with Crippen LogP contribution in [-0.4, -0.2) is 49.1 Å². The predicted octanol–water partition coefficient (Wildman–Crippen LogP) is 1.77. The van der Waals surface area contributed by atoms with Crippen LogP contribution in [-0.2, 0) is 4.79 Å². The molecule has 1 fully saturated rings. The van der Waals surface area contributed by atoms with Crippen molar-refractivity contribution in [2.75, 3.05) is 31.5 Å². The normalized spacial score (nSPS) is 24.3. The highest BCUT2D eigenvalue weighted by molar-refractivity contribution is 5.83. The summed E-state index contributed by atoms with van der Waals surface area (Å²) in [5, 5.41) is 6.34. The third kappa shape index (κ3) is 3.19. The number of carbonyl (C=O) groups excluding carboxylic acids is 1. The SMILES string of the molecule is CCN1CCCC1CNC(=O)C1CNc2cc(C)ccc2O1. The van der Waals surface area contributed by atoms with Gasteiger partial charge in [-0.3, -0.25) is 9.69 Å². The van der Waals surface area contributed by atoms with E-state index in [9.17, 15) is 4.79 Å². The molecule has 2 N–H and O–H groups in total. The van der Waals surface area contributed by atoms with Crippen LogP contribution < -0.4 is 15.4 Å². The molecule has 120 valence electrons. The van der Waals surface area contributed by atoms with Crippen molar-refractivity contribution in [1.82, 2.24) is 10.2 Å². The summed E-state index contributed by atoms with van der Waals surface area (Å²) < 4.78 is 5.83. The molecule has 3 rings (SSSR count). The van der Waals surface area contributed by atoms with E-state index >= 15 is 0 Å². The van der Waals surface area contributed by atoms with E-state index in [2.05, 4.69) is 22.5 Å². The van der Waals surface area contributed by atoms with Crippen molar-refractivity contribution in [3.8, 4) is 5.75 Å². The van der Waals surface area contributed by atoms with Crippen molar-refractivity contribution in [1.29, 1.82) is 0 Å². The number of likely N-dealkylation sites (N-methyl/N-ethyl adjacent to an activating group) is 1. The highest BCUT2D eigenvalue weighted by atomic mass is 16.5. The number of carbonyl (C=O) groups is 1. The van der Waals surface area contributed by atoms with E-state index in [-0.39, 0.29) is 5.91 Å². The van der Waals surface area contributed by atoms with Gasteiger partial charge in [-0.2, -0.15) is 0 Å². The number of hydrogen-bond acceptors (Lipinski definition) is 4. The lowest BCUT2D eigenvalue weighted by molar-refractivity contribution is -0.127. The summed E-state index contributed by atoms with van der Waals surface area (Å²) in [7, 11) is 0. The highest BCUT2D eigenvalue weighted by Gasteiger charge is 2.28. The Morgan fingerprint density at radius 1 is 1.50 bits per heavy atom. The van der Waals surface area contributed by atoms with Crippen molar-refractivity contribution in [3.05, 3.63) is 23.8 Å². The maximum Gasteiger partial charge on any atom is 0.263 e. The van der Waals surface area contributed by atoms with Crippen LogP contribution in [0.25, 0.3) is 0 Å². The molecule has 2 unspecified atom stereocenters. The lowest BCUT2D eigenvalue weighted by Crippen LogP contribution is -2.48. The molecule has 5 nitrogen and oxygen atoms in total. The molecular formula is C17H25N3O2. The van der Waals surface area contributed by atoms with Gasteiger partial charge in [-0.15, -0.1) is 0 Å². The maximum atomic E-state index is 12.3. The first kappa shape index (κ1) is 15.2. The Morgan fingerprint density at radius 2 is 2.36 bits per heavy atom. The molecule has 0 bridgehead atoms. The third-order valence-electron chi connectivity index (χ3n) is 4.59. The van der Waals surface area contributed by atoms with Crippen LogP contribution in [0.1, 0.15) is 25.3 Å². The van der Waals surface area contributed by atoms with Crippen LogP contribution >= 0.6 is 0 Å². The molecule has 2 heterocycles. The fourth-order valence-electron chi connectivity index (χ4n) is 3.30. The van der Waals surface area contributed by atoms with Crippen LogP contribution in [0, 0.1) is 6.92 Å². The molecule has 1 aromatic carbocycles. The summed E-state index contributed by atoms with van der Waals surface area (Å²) in [5.74, 6) is 0.731. The Labute approximate surface area is 132 Å². The minimum Gasteiger partial charge on any atom is -0.477 e. The fraction of sp³-hybridized carbons (Fsp3) is 0.588. The number of rotatable bonds is 4. The number of amides is 1. The Hall–Kier alpha value is -1.75. The third-order valence-corrected chi connectivity index (χ3v) is 4.59. The zero-order valence-electron chi connectivity index (χ0n) is 13.4. The molecule has 0 aromatic heterocycles. The lowest BCUT2D eigenvalue weighted by Gasteiger charge is -2.28. The van der Waals surface area contributed by atoms with Gasteiger partial charge in [-0.05, 0) is 50.6 Å². The molecule has 0 radical (unpaired) electrons. The summed E-state index contributed by atoms with van der Waals surface area (Å²) in [4.78, 5) is 14.8. The molecule has 22 heavy (non-hydrogen) atoms. The Kier molecular flexibility index (Phi) is 4.52. The maximum absolute atomic E-state index is 12.3. The summed E-state index contributed by atoms with van der Waals surface area (Å²) in [6, 6.07) is 6.44. The lowest BCUT2D eigenvalue weighted by atomic mass is 10.1. The molecule has 1 amide bonds. The standard InChI is InChI=1S/C17H25N3O2/c1-3-20-8-4-5-13(20)10-19-17(21)16-11-18-14-9-12(2)6-7-15(14)22-16/h6-7,9,13,16,18H,3-5,8,10-11H2,1-2H3,(H,19,21). The first-order valence-electron chi connectivity index (χ1n) is 8.20. The summed E-state index contributed by atoms with van der Waals surface area (Å²) in [6.45, 7) is 7.65. The van der Waals surface area contributed by atoms with Gasteiger partial charge in [0.15, 0.2) is 6.10 Å². The number of ether oxygens (including phenoxy) is 1. The summed E-state index contributed by atoms with van der Waals surface area (Å²) >= 11 is 0. The molecule has 2 aliphatic rings. The average molecular weight is 303 g/mol. The van der Waals surface area contributed by atoms with Gasteiger partial charge in [0.2, 0.25) is 0 Å². The molecule has 5 heteroatoms. The van der Waals surface area contributed by atoms with Gasteiger partial charge in [0.25, 0.3) is 5.91 Å². The van der Waals surface area contributed by atoms with Gasteiger partial charge in [-0.1, -0.05) is 13.0 Å². The predicted molar refractivity (Wildman–Crippen MR) is 87.4 cm³/mol. The number of nitrogens with zero attached hydrogens (tertiary/aromatic N) is 1. The number of anilines is 1. The number of fused-ring (bicyclic) bond motifs is 1. The van der Waals surface area contributed by atoms with Crippen LogP contribution in [0.4, 0.5) is 5.69 Å². The van der Waals surface area contributed by atoms with Gasteiger partial charge >= 0.3 is 0 Å². The van der Waals surface area contributed by atoms with Crippen molar-refractivity contribution in [3.63, 3.8) is 0 Å². The Bertz CT molecular complexity index is 547.